The molecule has 0 atom stereocenters. The van der Waals surface area contributed by atoms with E-state index in [-0.39, 0.29) is 29.7 Å². The van der Waals surface area contributed by atoms with Crippen molar-refractivity contribution in [3.05, 3.63) is 12.7 Å². The quantitative estimate of drug-likeness (QED) is 0.311. The summed E-state index contributed by atoms with van der Waals surface area (Å²) in [6, 6.07) is 0. The Hall–Kier alpha value is 0.416. The van der Waals surface area contributed by atoms with Crippen molar-refractivity contribution < 1.29 is 12.6 Å². The Bertz CT molecular complexity index is 161. The second kappa shape index (κ2) is 5.22. The molecule has 0 aromatic carbocycles. The van der Waals surface area contributed by atoms with Gasteiger partial charge in [-0.25, -0.2) is 0 Å². The standard InChI is InChI=1S/C4H8O3S.Mg.2H/c1-3-4-7-8(2,5)6;;;/h3H,1,4H2,2H3;;;. The predicted octanol–water partition coefficient (Wildman–Crippen LogP) is -0.768. The third-order valence-electron chi connectivity index (χ3n) is 0.400. The van der Waals surface area contributed by atoms with Gasteiger partial charge in [0, 0.05) is 0 Å². The van der Waals surface area contributed by atoms with E-state index in [4.69, 9.17) is 0 Å². The fraction of sp³-hybridized carbons (Fsp3) is 0.500. The van der Waals surface area contributed by atoms with Crippen LogP contribution in [0.4, 0.5) is 0 Å². The molecule has 0 saturated heterocycles. The van der Waals surface area contributed by atoms with Crippen LogP contribution in [0, 0.1) is 0 Å². The van der Waals surface area contributed by atoms with Crippen LogP contribution in [-0.2, 0) is 14.3 Å². The summed E-state index contributed by atoms with van der Waals surface area (Å²) in [6.45, 7) is 3.33. The topological polar surface area (TPSA) is 43.4 Å². The molecule has 0 radical (unpaired) electrons. The van der Waals surface area contributed by atoms with Crippen LogP contribution in [0.2, 0.25) is 0 Å². The van der Waals surface area contributed by atoms with Gasteiger partial charge in [-0.3, -0.25) is 4.18 Å². The SMILES string of the molecule is C=CCOS(C)(=O)=O.[MgH2]. The fourth-order valence-electron chi connectivity index (χ4n) is 0.172. The van der Waals surface area contributed by atoms with Crippen molar-refractivity contribution in [3.8, 4) is 0 Å². The van der Waals surface area contributed by atoms with Crippen LogP contribution in [0.15, 0.2) is 12.7 Å². The zero-order chi connectivity index (χ0) is 6.62. The highest BCUT2D eigenvalue weighted by Gasteiger charge is 1.95. The molecule has 0 N–H and O–H groups in total. The van der Waals surface area contributed by atoms with Crippen molar-refractivity contribution in [1.29, 1.82) is 0 Å². The monoisotopic (exact) mass is 162 g/mol. The number of rotatable bonds is 3. The van der Waals surface area contributed by atoms with E-state index in [2.05, 4.69) is 10.8 Å². The minimum absolute atomic E-state index is 0. The number of hydrogen-bond acceptors (Lipinski definition) is 3. The van der Waals surface area contributed by atoms with Gasteiger partial charge in [-0.2, -0.15) is 8.42 Å². The molecule has 0 spiro atoms. The van der Waals surface area contributed by atoms with E-state index < -0.39 is 10.1 Å². The lowest BCUT2D eigenvalue weighted by Crippen LogP contribution is -2.01. The smallest absolute Gasteiger partial charge is 0.266 e. The summed E-state index contributed by atoms with van der Waals surface area (Å²) in [5.74, 6) is 0. The van der Waals surface area contributed by atoms with Gasteiger partial charge in [0.15, 0.2) is 0 Å². The van der Waals surface area contributed by atoms with Gasteiger partial charge in [-0.1, -0.05) is 6.08 Å². The molecule has 9 heavy (non-hydrogen) atoms. The van der Waals surface area contributed by atoms with Gasteiger partial charge >= 0.3 is 23.1 Å². The van der Waals surface area contributed by atoms with Gasteiger partial charge in [0.25, 0.3) is 10.1 Å². The van der Waals surface area contributed by atoms with E-state index in [1.807, 2.05) is 0 Å². The molecule has 0 amide bonds. The second-order valence-corrected chi connectivity index (χ2v) is 2.92. The minimum Gasteiger partial charge on any atom is -0.266 e. The van der Waals surface area contributed by atoms with Crippen LogP contribution in [0.1, 0.15) is 0 Å². The molecule has 5 heteroatoms. The molecule has 52 valence electrons. The van der Waals surface area contributed by atoms with Crippen LogP contribution in [-0.4, -0.2) is 44.3 Å². The lowest BCUT2D eigenvalue weighted by Gasteiger charge is -1.91. The fourth-order valence-corrected chi connectivity index (χ4v) is 0.515. The highest BCUT2D eigenvalue weighted by atomic mass is 32.2. The van der Waals surface area contributed by atoms with E-state index in [0.29, 0.717) is 0 Å². The first-order chi connectivity index (χ1) is 3.56. The van der Waals surface area contributed by atoms with E-state index in [1.165, 1.54) is 6.08 Å². The average molecular weight is 162 g/mol. The van der Waals surface area contributed by atoms with E-state index >= 15 is 0 Å². The average Bonchev–Trinajstić information content (AvgIpc) is 1.59. The van der Waals surface area contributed by atoms with E-state index in [9.17, 15) is 8.42 Å². The molecule has 3 nitrogen and oxygen atoms in total. The summed E-state index contributed by atoms with van der Waals surface area (Å²) in [5, 5.41) is 0. The first kappa shape index (κ1) is 12.1. The van der Waals surface area contributed by atoms with E-state index in [1.54, 1.807) is 0 Å². The summed E-state index contributed by atoms with van der Waals surface area (Å²) < 4.78 is 24.5. The van der Waals surface area contributed by atoms with Crippen LogP contribution in [0.3, 0.4) is 0 Å². The molecule has 0 fully saturated rings. The molecule has 0 rings (SSSR count). The zero-order valence-corrected chi connectivity index (χ0v) is 5.44. The maximum absolute atomic E-state index is 10.1. The van der Waals surface area contributed by atoms with Crippen LogP contribution >= 0.6 is 0 Å². The van der Waals surface area contributed by atoms with Gasteiger partial charge in [-0.05, 0) is 0 Å². The molecule has 0 bridgehead atoms. The van der Waals surface area contributed by atoms with Gasteiger partial charge in [0.2, 0.25) is 0 Å². The lowest BCUT2D eigenvalue weighted by atomic mass is 10.7. The summed E-state index contributed by atoms with van der Waals surface area (Å²) >= 11 is 0. The number of hydrogen-bond donors (Lipinski definition) is 0. The Morgan fingerprint density at radius 1 is 1.67 bits per heavy atom. The summed E-state index contributed by atoms with van der Waals surface area (Å²) in [6.07, 6.45) is 2.37. The first-order valence-electron chi connectivity index (χ1n) is 2.01. The molecule has 0 saturated carbocycles. The largest absolute Gasteiger partial charge is 0.316 e. The molecule has 0 aliphatic heterocycles. The van der Waals surface area contributed by atoms with Crippen LogP contribution in [0.25, 0.3) is 0 Å². The molecule has 0 aliphatic carbocycles. The Labute approximate surface area is 71.4 Å². The highest BCUT2D eigenvalue weighted by molar-refractivity contribution is 7.85. The van der Waals surface area contributed by atoms with Gasteiger partial charge < -0.3 is 0 Å². The molecular formula is C4H10MgO3S. The molecule has 0 unspecified atom stereocenters. The first-order valence-corrected chi connectivity index (χ1v) is 3.83. The van der Waals surface area contributed by atoms with Crippen molar-refractivity contribution in [2.75, 3.05) is 12.9 Å². The molecule has 0 aliphatic rings. The van der Waals surface area contributed by atoms with Crippen LogP contribution in [0.5, 0.6) is 0 Å². The maximum atomic E-state index is 10.1. The summed E-state index contributed by atoms with van der Waals surface area (Å²) in [7, 11) is -3.26. The zero-order valence-electron chi connectivity index (χ0n) is 4.62. The lowest BCUT2D eigenvalue weighted by molar-refractivity contribution is 0.362. The Morgan fingerprint density at radius 3 is 2.22 bits per heavy atom. The highest BCUT2D eigenvalue weighted by Crippen LogP contribution is 1.83. The van der Waals surface area contributed by atoms with Crippen molar-refractivity contribution >= 4 is 33.2 Å². The summed E-state index contributed by atoms with van der Waals surface area (Å²) in [5.41, 5.74) is 0. The van der Waals surface area contributed by atoms with Crippen molar-refractivity contribution in [1.82, 2.24) is 0 Å². The summed E-state index contributed by atoms with van der Waals surface area (Å²) in [4.78, 5) is 0. The van der Waals surface area contributed by atoms with Gasteiger partial charge in [0.1, 0.15) is 0 Å². The van der Waals surface area contributed by atoms with E-state index in [0.717, 1.165) is 6.26 Å². The molecular weight excluding hydrogens is 152 g/mol. The molecule has 0 heterocycles. The Kier molecular flexibility index (Phi) is 7.03. The molecule has 0 aromatic heterocycles. The third-order valence-corrected chi connectivity index (χ3v) is 0.964. The normalized spacial score (nSPS) is 9.89. The van der Waals surface area contributed by atoms with Crippen LogP contribution < -0.4 is 0 Å². The van der Waals surface area contributed by atoms with Crippen molar-refractivity contribution in [2.45, 2.75) is 0 Å². The second-order valence-electron chi connectivity index (χ2n) is 1.28. The van der Waals surface area contributed by atoms with Crippen molar-refractivity contribution in [2.24, 2.45) is 0 Å². The van der Waals surface area contributed by atoms with Gasteiger partial charge in [-0.15, -0.1) is 6.58 Å². The maximum Gasteiger partial charge on any atom is 0.316 e. The third kappa shape index (κ3) is 11.8. The molecule has 0 aromatic rings. The van der Waals surface area contributed by atoms with Crippen molar-refractivity contribution in [3.63, 3.8) is 0 Å². The van der Waals surface area contributed by atoms with Gasteiger partial charge in [0.05, 0.1) is 12.9 Å². The predicted molar refractivity (Wildman–Crippen MR) is 39.5 cm³/mol. The Balaban J connectivity index is 0. The Morgan fingerprint density at radius 2 is 2.11 bits per heavy atom. The minimum atomic E-state index is -3.26.